The molecule has 8 atom stereocenters. The molecule has 6 nitrogen and oxygen atoms in total. The van der Waals surface area contributed by atoms with Gasteiger partial charge in [0.2, 0.25) is 5.54 Å². The summed E-state index contributed by atoms with van der Waals surface area (Å²) in [6.07, 6.45) is 3.49. The fraction of sp³-hybridized carbons (Fsp3) is 1.00. The molecule has 3 heterocycles. The Morgan fingerprint density at radius 3 is 2.41 bits per heavy atom. The van der Waals surface area contributed by atoms with Crippen LogP contribution in [-0.2, 0) is 0 Å². The third-order valence-electron chi connectivity index (χ3n) is 8.65. The van der Waals surface area contributed by atoms with E-state index in [2.05, 4.69) is 37.9 Å². The second kappa shape index (κ2) is 3.34. The smallest absolute Gasteiger partial charge is 0.209 e. The summed E-state index contributed by atoms with van der Waals surface area (Å²) in [5.41, 5.74) is -1.25. The SMILES string of the molecule is CC12N=[N+]([O-])[C@](C)([C@H]3C1C1[C@H]4CCCC4[C@H]3N=[N+]1[O-])C2(C)C. The van der Waals surface area contributed by atoms with E-state index in [1.54, 1.807) is 0 Å². The van der Waals surface area contributed by atoms with Crippen molar-refractivity contribution in [1.82, 2.24) is 0 Å². The minimum atomic E-state index is -0.548. The van der Waals surface area contributed by atoms with Crippen LogP contribution >= 0.6 is 0 Å². The van der Waals surface area contributed by atoms with Gasteiger partial charge in [-0.15, -0.1) is 0 Å². The Morgan fingerprint density at radius 2 is 1.68 bits per heavy atom. The lowest BCUT2D eigenvalue weighted by molar-refractivity contribution is -0.655. The fourth-order valence-corrected chi connectivity index (χ4v) is 7.05. The summed E-state index contributed by atoms with van der Waals surface area (Å²) in [5, 5.41) is 34.3. The van der Waals surface area contributed by atoms with Crippen molar-refractivity contribution in [2.75, 3.05) is 0 Å². The van der Waals surface area contributed by atoms with E-state index in [9.17, 15) is 10.4 Å². The number of hydrogen-bond donors (Lipinski definition) is 0. The molecular formula is C16H24N4O2. The van der Waals surface area contributed by atoms with Crippen LogP contribution in [0.3, 0.4) is 0 Å². The predicted molar refractivity (Wildman–Crippen MR) is 78.1 cm³/mol. The highest BCUT2D eigenvalue weighted by molar-refractivity contribution is 5.28. The van der Waals surface area contributed by atoms with Crippen molar-refractivity contribution in [3.05, 3.63) is 10.4 Å². The third-order valence-corrected chi connectivity index (χ3v) is 8.65. The summed E-state index contributed by atoms with van der Waals surface area (Å²) in [6.45, 7) is 8.50. The first-order valence-electron chi connectivity index (χ1n) is 8.62. The van der Waals surface area contributed by atoms with Crippen LogP contribution in [0.2, 0.25) is 0 Å². The molecule has 3 aliphatic carbocycles. The van der Waals surface area contributed by atoms with Crippen LogP contribution < -0.4 is 0 Å². The topological polar surface area (TPSA) is 76.9 Å². The van der Waals surface area contributed by atoms with Gasteiger partial charge in [-0.2, -0.15) is 0 Å². The molecule has 3 fully saturated rings. The molecule has 0 aromatic carbocycles. The molecule has 4 bridgehead atoms. The van der Waals surface area contributed by atoms with E-state index in [0.717, 1.165) is 22.6 Å². The predicted octanol–water partition coefficient (Wildman–Crippen LogP) is 2.90. The van der Waals surface area contributed by atoms with Gasteiger partial charge in [-0.3, -0.25) is 0 Å². The summed E-state index contributed by atoms with van der Waals surface area (Å²) in [5.74, 6) is 1.28. The second-order valence-electron chi connectivity index (χ2n) is 9.00. The number of nitrogens with zero attached hydrogens (tertiary/aromatic N) is 4. The molecule has 22 heavy (non-hydrogen) atoms. The molecule has 3 aliphatic heterocycles. The lowest BCUT2D eigenvalue weighted by Gasteiger charge is -2.50. The number of hydroxylamine groups is 2. The number of azo groups is 2. The van der Waals surface area contributed by atoms with Crippen LogP contribution in [0.25, 0.3) is 0 Å². The van der Waals surface area contributed by atoms with Crippen LogP contribution in [0.5, 0.6) is 0 Å². The zero-order chi connectivity index (χ0) is 15.7. The van der Waals surface area contributed by atoms with Gasteiger partial charge in [-0.25, -0.2) is 0 Å². The molecule has 0 spiro atoms. The van der Waals surface area contributed by atoms with E-state index in [1.165, 1.54) is 6.42 Å². The van der Waals surface area contributed by atoms with E-state index < -0.39 is 11.1 Å². The Bertz CT molecular complexity index is 644. The van der Waals surface area contributed by atoms with Crippen LogP contribution in [0.15, 0.2) is 10.2 Å². The number of hydrogen-bond acceptors (Lipinski definition) is 4. The first-order chi connectivity index (χ1) is 10.2. The van der Waals surface area contributed by atoms with Gasteiger partial charge < -0.3 is 10.4 Å². The highest BCUT2D eigenvalue weighted by atomic mass is 16.5. The standard InChI is InChI=1S/C16H24N4O2/c1-14(2)15(3)11-10(16(14,4)20(22)18-15)12-8-6-5-7-9(8)13(11)19(21)17-12/h8-13H,5-7H2,1-4H3/t8?,9-,10-,11?,12+,13?,15?,16+/m0/s1. The minimum Gasteiger partial charge on any atom is -0.600 e. The van der Waals surface area contributed by atoms with E-state index in [-0.39, 0.29) is 29.3 Å². The van der Waals surface area contributed by atoms with Gasteiger partial charge in [0, 0.05) is 12.8 Å². The molecule has 4 unspecified atom stereocenters. The van der Waals surface area contributed by atoms with Gasteiger partial charge in [-0.1, -0.05) is 30.0 Å². The molecular weight excluding hydrogens is 280 g/mol. The van der Waals surface area contributed by atoms with Crippen molar-refractivity contribution in [2.45, 2.75) is 70.1 Å². The van der Waals surface area contributed by atoms with Crippen molar-refractivity contribution in [3.8, 4) is 0 Å². The molecule has 3 saturated carbocycles. The normalized spacial score (nSPS) is 60.0. The Morgan fingerprint density at radius 1 is 1.00 bits per heavy atom. The Kier molecular flexibility index (Phi) is 2.01. The zero-order valence-corrected chi connectivity index (χ0v) is 13.7. The molecule has 0 amide bonds. The van der Waals surface area contributed by atoms with Crippen LogP contribution in [-0.4, -0.2) is 32.9 Å². The monoisotopic (exact) mass is 304 g/mol. The largest absolute Gasteiger partial charge is 0.600 e. The van der Waals surface area contributed by atoms with Crippen molar-refractivity contribution in [3.63, 3.8) is 0 Å². The average Bonchev–Trinajstić information content (AvgIpc) is 3.01. The maximum absolute atomic E-state index is 12.7. The summed E-state index contributed by atoms with van der Waals surface area (Å²) in [7, 11) is 0. The molecule has 0 saturated heterocycles. The van der Waals surface area contributed by atoms with E-state index in [4.69, 9.17) is 0 Å². The lowest BCUT2D eigenvalue weighted by Crippen LogP contribution is -2.65. The highest BCUT2D eigenvalue weighted by Gasteiger charge is 2.87. The molecule has 6 heteroatoms. The Hall–Kier alpha value is -1.20. The Balaban J connectivity index is 1.77. The maximum Gasteiger partial charge on any atom is 0.209 e. The van der Waals surface area contributed by atoms with Crippen LogP contribution in [0, 0.1) is 39.5 Å². The van der Waals surface area contributed by atoms with Crippen LogP contribution in [0.4, 0.5) is 0 Å². The summed E-state index contributed by atoms with van der Waals surface area (Å²) >= 11 is 0. The van der Waals surface area contributed by atoms with Crippen molar-refractivity contribution in [2.24, 2.45) is 39.3 Å². The van der Waals surface area contributed by atoms with Crippen molar-refractivity contribution in [1.29, 1.82) is 0 Å². The fourth-order valence-electron chi connectivity index (χ4n) is 7.05. The summed E-state index contributed by atoms with van der Waals surface area (Å²) < 4.78 is 0. The van der Waals surface area contributed by atoms with Gasteiger partial charge >= 0.3 is 0 Å². The number of rotatable bonds is 0. The molecule has 0 N–H and O–H groups in total. The Labute approximate surface area is 130 Å². The van der Waals surface area contributed by atoms with Crippen molar-refractivity contribution < 1.29 is 9.72 Å². The zero-order valence-electron chi connectivity index (χ0n) is 13.7. The van der Waals surface area contributed by atoms with Gasteiger partial charge in [0.25, 0.3) is 0 Å². The first kappa shape index (κ1) is 13.3. The average molecular weight is 304 g/mol. The summed E-state index contributed by atoms with van der Waals surface area (Å²) in [4.78, 5) is 1.98. The first-order valence-corrected chi connectivity index (χ1v) is 8.62. The third kappa shape index (κ3) is 0.984. The van der Waals surface area contributed by atoms with Crippen LogP contribution in [0.1, 0.15) is 47.0 Å². The second-order valence-corrected chi connectivity index (χ2v) is 9.00. The maximum atomic E-state index is 12.7. The van der Waals surface area contributed by atoms with E-state index >= 15 is 0 Å². The highest BCUT2D eigenvalue weighted by Crippen LogP contribution is 2.72. The molecule has 120 valence electrons. The van der Waals surface area contributed by atoms with Gasteiger partial charge in [0.15, 0.2) is 6.04 Å². The molecule has 0 aromatic heterocycles. The molecule has 6 aliphatic rings. The lowest BCUT2D eigenvalue weighted by atomic mass is 9.58. The van der Waals surface area contributed by atoms with E-state index in [0.29, 0.717) is 11.8 Å². The minimum absolute atomic E-state index is 0.0121. The van der Waals surface area contributed by atoms with Gasteiger partial charge in [0.1, 0.15) is 11.6 Å². The molecule has 0 aromatic rings. The number of fused-ring (bicyclic) bond motifs is 2. The molecule has 0 radical (unpaired) electrons. The van der Waals surface area contributed by atoms with Gasteiger partial charge in [-0.05, 0) is 35.9 Å². The summed E-state index contributed by atoms with van der Waals surface area (Å²) in [6, 6.07) is -0.0656. The van der Waals surface area contributed by atoms with Crippen molar-refractivity contribution >= 4 is 0 Å². The van der Waals surface area contributed by atoms with E-state index in [1.807, 2.05) is 0 Å². The van der Waals surface area contributed by atoms with Gasteiger partial charge in [0.05, 0.1) is 17.3 Å². The molecule has 6 rings (SSSR count). The quantitative estimate of drug-likeness (QED) is 0.509.